The maximum atomic E-state index is 5.22. The second-order valence-corrected chi connectivity index (χ2v) is 14.3. The topological polar surface area (TPSA) is 12.9 Å². The smallest absolute Gasteiger partial charge is 0.0715 e. The summed E-state index contributed by atoms with van der Waals surface area (Å²) in [6.07, 6.45) is 0. The van der Waals surface area contributed by atoms with E-state index in [1.54, 1.807) is 0 Å². The molecule has 10 rings (SSSR count). The van der Waals surface area contributed by atoms with Crippen molar-refractivity contribution < 1.29 is 0 Å². The van der Waals surface area contributed by atoms with E-state index < -0.39 is 0 Å². The number of pyridine rings is 1. The van der Waals surface area contributed by atoms with Crippen molar-refractivity contribution in [3.8, 4) is 55.9 Å². The largest absolute Gasteiger partial charge is 0.248 e. The predicted molar refractivity (Wildman–Crippen MR) is 216 cm³/mol. The molecule has 0 saturated heterocycles. The molecule has 0 radical (unpaired) electrons. The Hall–Kier alpha value is -6.31. The lowest BCUT2D eigenvalue weighted by molar-refractivity contribution is 0.661. The summed E-state index contributed by atoms with van der Waals surface area (Å²) >= 11 is 0. The Morgan fingerprint density at radius 1 is 0.333 bits per heavy atom. The third-order valence-corrected chi connectivity index (χ3v) is 11.0. The Morgan fingerprint density at radius 2 is 0.765 bits per heavy atom. The van der Waals surface area contributed by atoms with E-state index in [0.717, 1.165) is 28.1 Å². The molecule has 1 heteroatoms. The molecule has 0 spiro atoms. The molecule has 1 aliphatic rings. The number of hydrogen-bond donors (Lipinski definition) is 0. The first kappa shape index (κ1) is 29.6. The Kier molecular flexibility index (Phi) is 6.60. The van der Waals surface area contributed by atoms with Crippen LogP contribution in [0.5, 0.6) is 0 Å². The van der Waals surface area contributed by atoms with Crippen molar-refractivity contribution in [3.63, 3.8) is 0 Å². The van der Waals surface area contributed by atoms with Gasteiger partial charge in [-0.15, -0.1) is 0 Å². The van der Waals surface area contributed by atoms with Gasteiger partial charge in [0, 0.05) is 16.5 Å². The van der Waals surface area contributed by atoms with Gasteiger partial charge in [0.15, 0.2) is 0 Å². The third kappa shape index (κ3) is 4.51. The lowest BCUT2D eigenvalue weighted by atomic mass is 9.79. The zero-order valence-electron chi connectivity index (χ0n) is 28.7. The Balaban J connectivity index is 1.31. The summed E-state index contributed by atoms with van der Waals surface area (Å²) in [5, 5.41) is 7.58. The van der Waals surface area contributed by atoms with Gasteiger partial charge in [-0.3, -0.25) is 0 Å². The number of aromatic nitrogens is 1. The van der Waals surface area contributed by atoms with Crippen LogP contribution in [-0.2, 0) is 5.41 Å². The van der Waals surface area contributed by atoms with E-state index in [0.29, 0.717) is 0 Å². The summed E-state index contributed by atoms with van der Waals surface area (Å²) in [6.45, 7) is 4.77. The number of rotatable bonds is 4. The molecule has 1 nitrogen and oxygen atoms in total. The maximum Gasteiger partial charge on any atom is 0.0715 e. The van der Waals surface area contributed by atoms with Crippen LogP contribution in [0, 0.1) is 0 Å². The first-order valence-corrected chi connectivity index (χ1v) is 17.8. The highest BCUT2D eigenvalue weighted by atomic mass is 14.7. The lowest BCUT2D eigenvalue weighted by Crippen LogP contribution is -2.15. The second kappa shape index (κ2) is 11.4. The van der Waals surface area contributed by atoms with Crippen molar-refractivity contribution in [1.29, 1.82) is 0 Å². The highest BCUT2D eigenvalue weighted by Crippen LogP contribution is 2.54. The fourth-order valence-corrected chi connectivity index (χ4v) is 8.67. The molecule has 240 valence electrons. The highest BCUT2D eigenvalue weighted by molar-refractivity contribution is 6.24. The lowest BCUT2D eigenvalue weighted by Gasteiger charge is -2.24. The van der Waals surface area contributed by atoms with Crippen molar-refractivity contribution in [3.05, 3.63) is 187 Å². The molecule has 1 aliphatic carbocycles. The fourth-order valence-electron chi connectivity index (χ4n) is 8.67. The van der Waals surface area contributed by atoms with Crippen LogP contribution in [0.4, 0.5) is 0 Å². The van der Waals surface area contributed by atoms with Crippen LogP contribution in [0.1, 0.15) is 25.0 Å². The van der Waals surface area contributed by atoms with E-state index >= 15 is 0 Å². The van der Waals surface area contributed by atoms with E-state index in [2.05, 4.69) is 190 Å². The Labute approximate surface area is 298 Å². The molecule has 51 heavy (non-hydrogen) atoms. The van der Waals surface area contributed by atoms with Gasteiger partial charge < -0.3 is 0 Å². The van der Waals surface area contributed by atoms with Crippen molar-refractivity contribution >= 4 is 32.3 Å². The highest BCUT2D eigenvalue weighted by Gasteiger charge is 2.37. The molecule has 0 saturated carbocycles. The van der Waals surface area contributed by atoms with Crippen molar-refractivity contribution in [2.45, 2.75) is 19.3 Å². The van der Waals surface area contributed by atoms with E-state index in [-0.39, 0.29) is 5.41 Å². The average molecular weight is 650 g/mol. The summed E-state index contributed by atoms with van der Waals surface area (Å²) in [5.74, 6) is 0. The van der Waals surface area contributed by atoms with Gasteiger partial charge in [-0.25, -0.2) is 4.98 Å². The fraction of sp³-hybridized carbons (Fsp3) is 0.0600. The van der Waals surface area contributed by atoms with Gasteiger partial charge in [0.25, 0.3) is 0 Å². The number of hydrogen-bond acceptors (Lipinski definition) is 1. The molecule has 0 N–H and O–H groups in total. The minimum atomic E-state index is -0.116. The van der Waals surface area contributed by atoms with Crippen LogP contribution < -0.4 is 0 Å². The molecule has 1 aromatic heterocycles. The summed E-state index contributed by atoms with van der Waals surface area (Å²) in [5.41, 5.74) is 14.5. The van der Waals surface area contributed by atoms with E-state index in [4.69, 9.17) is 4.98 Å². The first-order chi connectivity index (χ1) is 25.1. The molecule has 0 aliphatic heterocycles. The van der Waals surface area contributed by atoms with Crippen LogP contribution in [0.2, 0.25) is 0 Å². The predicted octanol–water partition coefficient (Wildman–Crippen LogP) is 13.5. The Bertz CT molecular complexity index is 2700. The monoisotopic (exact) mass is 649 g/mol. The summed E-state index contributed by atoms with van der Waals surface area (Å²) in [6, 6.07) is 64.2. The van der Waals surface area contributed by atoms with Gasteiger partial charge in [0.1, 0.15) is 0 Å². The summed E-state index contributed by atoms with van der Waals surface area (Å²) in [7, 11) is 0. The molecular formula is C50H35N. The molecule has 0 unspecified atom stereocenters. The van der Waals surface area contributed by atoms with Gasteiger partial charge in [-0.05, 0) is 95.0 Å². The molecule has 0 bridgehead atoms. The van der Waals surface area contributed by atoms with Crippen LogP contribution in [0.15, 0.2) is 176 Å². The number of fused-ring (bicyclic) bond motifs is 7. The van der Waals surface area contributed by atoms with E-state index in [1.165, 1.54) is 71.3 Å². The average Bonchev–Trinajstić information content (AvgIpc) is 3.43. The molecule has 0 atom stereocenters. The van der Waals surface area contributed by atoms with Crippen molar-refractivity contribution in [1.82, 2.24) is 4.98 Å². The number of benzene rings is 8. The molecule has 8 aromatic carbocycles. The minimum absolute atomic E-state index is 0.116. The zero-order chi connectivity index (χ0) is 34.1. The third-order valence-electron chi connectivity index (χ3n) is 11.0. The van der Waals surface area contributed by atoms with Crippen LogP contribution in [0.25, 0.3) is 88.2 Å². The minimum Gasteiger partial charge on any atom is -0.248 e. The second-order valence-electron chi connectivity index (χ2n) is 14.3. The SMILES string of the molecule is CC1(C)c2ccccc2-c2c1cc(-c1c3ccccc3c(-c3cc(-c4ccccc4)nc(-c4ccccc4)c3)c3ccccc13)c1ccccc21. The standard InChI is InChI=1S/C50H35N/c1-50(2)43-28-16-15-27-41(43)49-36-22-10-9-21-35(36)42(31-44(49)50)48-39-25-13-11-23-37(39)47(38-24-12-14-26-40(38)48)34-29-45(32-17-5-3-6-18-32)51-46(30-34)33-19-7-4-8-20-33/h3-31H,1-2H3. The van der Waals surface area contributed by atoms with E-state index in [9.17, 15) is 0 Å². The van der Waals surface area contributed by atoms with Gasteiger partial charge in [-0.2, -0.15) is 0 Å². The number of nitrogens with zero attached hydrogens (tertiary/aromatic N) is 1. The van der Waals surface area contributed by atoms with Gasteiger partial charge >= 0.3 is 0 Å². The molecule has 1 heterocycles. The van der Waals surface area contributed by atoms with Crippen LogP contribution >= 0.6 is 0 Å². The van der Waals surface area contributed by atoms with Gasteiger partial charge in [0.2, 0.25) is 0 Å². The first-order valence-electron chi connectivity index (χ1n) is 17.8. The van der Waals surface area contributed by atoms with Crippen LogP contribution in [0.3, 0.4) is 0 Å². The van der Waals surface area contributed by atoms with Gasteiger partial charge in [0.05, 0.1) is 11.4 Å². The maximum absolute atomic E-state index is 5.22. The van der Waals surface area contributed by atoms with Crippen LogP contribution in [-0.4, -0.2) is 4.98 Å². The molecular weight excluding hydrogens is 615 g/mol. The molecule has 9 aromatic rings. The summed E-state index contributed by atoms with van der Waals surface area (Å²) < 4.78 is 0. The Morgan fingerprint density at radius 3 is 1.31 bits per heavy atom. The molecule has 0 fully saturated rings. The zero-order valence-corrected chi connectivity index (χ0v) is 28.7. The summed E-state index contributed by atoms with van der Waals surface area (Å²) in [4.78, 5) is 5.22. The van der Waals surface area contributed by atoms with E-state index in [1.807, 2.05) is 0 Å². The molecule has 0 amide bonds. The van der Waals surface area contributed by atoms with Gasteiger partial charge in [-0.1, -0.05) is 172 Å². The quantitative estimate of drug-likeness (QED) is 0.173. The normalized spacial score (nSPS) is 13.1. The van der Waals surface area contributed by atoms with Crippen molar-refractivity contribution in [2.24, 2.45) is 0 Å². The van der Waals surface area contributed by atoms with Crippen molar-refractivity contribution in [2.75, 3.05) is 0 Å².